The van der Waals surface area contributed by atoms with E-state index in [-0.39, 0.29) is 11.0 Å². The Morgan fingerprint density at radius 1 is 1.16 bits per heavy atom. The molecule has 0 radical (unpaired) electrons. The molecule has 8 nitrogen and oxygen atoms in total. The van der Waals surface area contributed by atoms with Gasteiger partial charge in [0.1, 0.15) is 5.75 Å². The summed E-state index contributed by atoms with van der Waals surface area (Å²) in [6, 6.07) is 9.31. The van der Waals surface area contributed by atoms with Crippen molar-refractivity contribution < 1.29 is 9.53 Å². The lowest BCUT2D eigenvalue weighted by Gasteiger charge is -2.13. The van der Waals surface area contributed by atoms with Gasteiger partial charge in [-0.2, -0.15) is 5.10 Å². The molecule has 2 fully saturated rings. The van der Waals surface area contributed by atoms with Crippen molar-refractivity contribution in [1.82, 2.24) is 25.6 Å². The molecule has 0 aliphatic heterocycles. The van der Waals surface area contributed by atoms with Crippen molar-refractivity contribution in [3.05, 3.63) is 47.3 Å². The molecule has 5 rings (SSSR count). The Labute approximate surface area is 185 Å². The SMILES string of the molecule is COc1cccc(NC(=S)NNC(=O)c2cc(C3CC3)nc3c2c(C2CC2)nn3C)c1. The highest BCUT2D eigenvalue weighted by Crippen LogP contribution is 2.45. The van der Waals surface area contributed by atoms with Crippen LogP contribution in [0.1, 0.15) is 59.3 Å². The molecule has 2 aromatic heterocycles. The number of fused-ring (bicyclic) bond motifs is 1. The van der Waals surface area contributed by atoms with Crippen LogP contribution < -0.4 is 20.9 Å². The van der Waals surface area contributed by atoms with E-state index >= 15 is 0 Å². The summed E-state index contributed by atoms with van der Waals surface area (Å²) in [6.45, 7) is 0. The number of rotatable bonds is 5. The van der Waals surface area contributed by atoms with Crippen molar-refractivity contribution >= 4 is 40.0 Å². The fourth-order valence-corrected chi connectivity index (χ4v) is 3.92. The first-order valence-electron chi connectivity index (χ1n) is 10.4. The smallest absolute Gasteiger partial charge is 0.270 e. The molecule has 0 spiro atoms. The number of anilines is 1. The van der Waals surface area contributed by atoms with Crippen LogP contribution in [0.4, 0.5) is 5.69 Å². The van der Waals surface area contributed by atoms with E-state index < -0.39 is 0 Å². The molecule has 1 aromatic carbocycles. The van der Waals surface area contributed by atoms with Crippen LogP contribution >= 0.6 is 12.2 Å². The minimum Gasteiger partial charge on any atom is -0.497 e. The summed E-state index contributed by atoms with van der Waals surface area (Å²) in [5.41, 5.74) is 9.59. The van der Waals surface area contributed by atoms with E-state index in [9.17, 15) is 4.79 Å². The number of ether oxygens (including phenoxy) is 1. The van der Waals surface area contributed by atoms with Crippen molar-refractivity contribution in [1.29, 1.82) is 0 Å². The van der Waals surface area contributed by atoms with E-state index in [0.29, 0.717) is 23.1 Å². The van der Waals surface area contributed by atoms with Gasteiger partial charge in [-0.1, -0.05) is 6.07 Å². The molecule has 0 bridgehead atoms. The molecule has 0 atom stereocenters. The molecule has 2 aliphatic carbocycles. The Bertz CT molecular complexity index is 1180. The maximum Gasteiger partial charge on any atom is 0.270 e. The van der Waals surface area contributed by atoms with Crippen LogP contribution in [0, 0.1) is 0 Å². The molecule has 31 heavy (non-hydrogen) atoms. The van der Waals surface area contributed by atoms with Gasteiger partial charge < -0.3 is 10.1 Å². The highest BCUT2D eigenvalue weighted by molar-refractivity contribution is 7.80. The third-order valence-electron chi connectivity index (χ3n) is 5.66. The van der Waals surface area contributed by atoms with Gasteiger partial charge in [0.25, 0.3) is 5.91 Å². The molecule has 3 aromatic rings. The minimum atomic E-state index is -0.251. The Kier molecular flexibility index (Phi) is 4.97. The zero-order chi connectivity index (χ0) is 21.5. The fourth-order valence-electron chi connectivity index (χ4n) is 3.75. The number of amides is 1. The number of carbonyl (C=O) groups is 1. The Morgan fingerprint density at radius 2 is 1.94 bits per heavy atom. The summed E-state index contributed by atoms with van der Waals surface area (Å²) in [5, 5.41) is 8.86. The monoisotopic (exact) mass is 436 g/mol. The van der Waals surface area contributed by atoms with Crippen LogP contribution in [-0.2, 0) is 7.05 Å². The maximum atomic E-state index is 13.2. The van der Waals surface area contributed by atoms with Gasteiger partial charge in [-0.3, -0.25) is 20.3 Å². The van der Waals surface area contributed by atoms with Gasteiger partial charge in [-0.25, -0.2) is 4.98 Å². The molecule has 0 saturated heterocycles. The van der Waals surface area contributed by atoms with E-state index in [2.05, 4.69) is 21.3 Å². The number of methoxy groups -OCH3 is 1. The van der Waals surface area contributed by atoms with Crippen molar-refractivity contribution in [3.63, 3.8) is 0 Å². The van der Waals surface area contributed by atoms with Crippen LogP contribution in [0.25, 0.3) is 11.0 Å². The van der Waals surface area contributed by atoms with E-state index in [1.165, 1.54) is 0 Å². The summed E-state index contributed by atoms with van der Waals surface area (Å²) in [5.74, 6) is 1.30. The highest BCUT2D eigenvalue weighted by atomic mass is 32.1. The van der Waals surface area contributed by atoms with Gasteiger partial charge in [0, 0.05) is 36.3 Å². The van der Waals surface area contributed by atoms with Crippen LogP contribution in [0.15, 0.2) is 30.3 Å². The number of nitrogens with one attached hydrogen (secondary N) is 3. The number of hydrogen-bond donors (Lipinski definition) is 3. The second kappa shape index (κ2) is 7.81. The zero-order valence-electron chi connectivity index (χ0n) is 17.4. The van der Waals surface area contributed by atoms with Crippen LogP contribution in [0.3, 0.4) is 0 Å². The van der Waals surface area contributed by atoms with Crippen molar-refractivity contribution in [2.24, 2.45) is 7.05 Å². The third kappa shape index (κ3) is 4.05. The van der Waals surface area contributed by atoms with Gasteiger partial charge in [-0.05, 0) is 56.1 Å². The van der Waals surface area contributed by atoms with Gasteiger partial charge in [0.2, 0.25) is 0 Å². The molecule has 3 N–H and O–H groups in total. The fraction of sp³-hybridized carbons (Fsp3) is 0.364. The van der Waals surface area contributed by atoms with E-state index in [4.69, 9.17) is 21.9 Å². The van der Waals surface area contributed by atoms with Crippen LogP contribution in [0.5, 0.6) is 5.75 Å². The third-order valence-corrected chi connectivity index (χ3v) is 5.87. The summed E-state index contributed by atoms with van der Waals surface area (Å²) in [4.78, 5) is 18.0. The first kappa shape index (κ1) is 19.7. The minimum absolute atomic E-state index is 0.251. The largest absolute Gasteiger partial charge is 0.497 e. The Morgan fingerprint density at radius 3 is 2.65 bits per heavy atom. The quantitative estimate of drug-likeness (QED) is 0.417. The first-order valence-corrected chi connectivity index (χ1v) is 10.8. The molecule has 1 amide bonds. The molecular weight excluding hydrogens is 412 g/mol. The number of benzene rings is 1. The lowest BCUT2D eigenvalue weighted by Crippen LogP contribution is -2.43. The van der Waals surface area contributed by atoms with E-state index in [0.717, 1.165) is 53.8 Å². The number of nitrogens with zero attached hydrogens (tertiary/aromatic N) is 3. The average Bonchev–Trinajstić information content (AvgIpc) is 3.69. The van der Waals surface area contributed by atoms with E-state index in [1.54, 1.807) is 11.8 Å². The summed E-state index contributed by atoms with van der Waals surface area (Å²) >= 11 is 5.33. The van der Waals surface area contributed by atoms with Gasteiger partial charge in [0.15, 0.2) is 10.8 Å². The van der Waals surface area contributed by atoms with Gasteiger partial charge in [0.05, 0.1) is 23.8 Å². The average molecular weight is 437 g/mol. The number of pyridine rings is 1. The molecule has 9 heteroatoms. The van der Waals surface area contributed by atoms with Crippen LogP contribution in [0.2, 0.25) is 0 Å². The topological polar surface area (TPSA) is 93.1 Å². The number of carbonyl (C=O) groups excluding carboxylic acids is 1. The first-order chi connectivity index (χ1) is 15.0. The molecule has 0 unspecified atom stereocenters. The molecule has 160 valence electrons. The number of hydrogen-bond acceptors (Lipinski definition) is 5. The molecular formula is C22H24N6O2S. The highest BCUT2D eigenvalue weighted by Gasteiger charge is 2.33. The number of aryl methyl sites for hydroxylation is 1. The Hall–Kier alpha value is -3.20. The van der Waals surface area contributed by atoms with Crippen LogP contribution in [-0.4, -0.2) is 32.9 Å². The number of thiocarbonyl (C=S) groups is 1. The molecule has 2 saturated carbocycles. The molecule has 2 aliphatic rings. The normalized spacial score (nSPS) is 15.5. The summed E-state index contributed by atoms with van der Waals surface area (Å²) in [6.07, 6.45) is 4.42. The second-order valence-electron chi connectivity index (χ2n) is 8.12. The Balaban J connectivity index is 1.37. The predicted octanol–water partition coefficient (Wildman–Crippen LogP) is 3.36. The lowest BCUT2D eigenvalue weighted by atomic mass is 10.1. The number of hydrazine groups is 1. The second-order valence-corrected chi connectivity index (χ2v) is 8.52. The lowest BCUT2D eigenvalue weighted by molar-refractivity contribution is 0.0945. The predicted molar refractivity (Wildman–Crippen MR) is 122 cm³/mol. The van der Waals surface area contributed by atoms with Gasteiger partial charge >= 0.3 is 0 Å². The van der Waals surface area contributed by atoms with Gasteiger partial charge in [-0.15, -0.1) is 0 Å². The summed E-state index contributed by atoms with van der Waals surface area (Å²) in [7, 11) is 3.50. The van der Waals surface area contributed by atoms with Crippen molar-refractivity contribution in [3.8, 4) is 5.75 Å². The zero-order valence-corrected chi connectivity index (χ0v) is 18.3. The van der Waals surface area contributed by atoms with E-state index in [1.807, 2.05) is 37.4 Å². The number of aromatic nitrogens is 3. The standard InChI is InChI=1S/C22H24N6O2S/c1-28-20-18(19(27-28)13-8-9-13)16(11-17(24-20)12-6-7-12)21(29)25-26-22(31)23-14-4-3-5-15(10-14)30-2/h3-5,10-13H,6-9H2,1-2H3,(H,25,29)(H2,23,26,31). The van der Waals surface area contributed by atoms with Crippen molar-refractivity contribution in [2.45, 2.75) is 37.5 Å². The van der Waals surface area contributed by atoms with Crippen molar-refractivity contribution in [2.75, 3.05) is 12.4 Å². The maximum absolute atomic E-state index is 13.2. The molecule has 2 heterocycles. The summed E-state index contributed by atoms with van der Waals surface area (Å²) < 4.78 is 7.02.